The molecule has 0 radical (unpaired) electrons. The summed E-state index contributed by atoms with van der Waals surface area (Å²) in [5.74, 6) is 0. The van der Waals surface area contributed by atoms with Crippen LogP contribution in [0.4, 0.5) is 0 Å². The van der Waals surface area contributed by atoms with Crippen molar-refractivity contribution in [1.29, 1.82) is 0 Å². The Morgan fingerprint density at radius 3 is 2.39 bits per heavy atom. The third-order valence-electron chi connectivity index (χ3n) is 2.36. The number of nitrogens with one attached hydrogen (secondary N) is 1. The Morgan fingerprint density at radius 1 is 1.00 bits per heavy atom. The lowest BCUT2D eigenvalue weighted by molar-refractivity contribution is -0.0343. The summed E-state index contributed by atoms with van der Waals surface area (Å²) in [5.41, 5.74) is 1.23. The van der Waals surface area contributed by atoms with Gasteiger partial charge in [-0.3, -0.25) is 0 Å². The van der Waals surface area contributed by atoms with Gasteiger partial charge in [0, 0.05) is 13.1 Å². The summed E-state index contributed by atoms with van der Waals surface area (Å²) in [6, 6.07) is 10.4. The lowest BCUT2D eigenvalue weighted by Crippen LogP contribution is -2.23. The fourth-order valence-corrected chi connectivity index (χ4v) is 1.48. The van der Waals surface area contributed by atoms with Crippen LogP contribution in [0.2, 0.25) is 0 Å². The minimum Gasteiger partial charge on any atom is -0.378 e. The van der Waals surface area contributed by atoms with E-state index in [1.165, 1.54) is 5.56 Å². The Morgan fingerprint density at radius 2 is 1.72 bits per heavy atom. The Balaban J connectivity index is 1.90. The van der Waals surface area contributed by atoms with E-state index < -0.39 is 0 Å². The van der Waals surface area contributed by atoms with Gasteiger partial charge < -0.3 is 14.8 Å². The molecule has 102 valence electrons. The van der Waals surface area contributed by atoms with Crippen LogP contribution in [0.1, 0.15) is 26.3 Å². The van der Waals surface area contributed by atoms with Crippen molar-refractivity contribution in [3.05, 3.63) is 35.9 Å². The predicted octanol–water partition coefficient (Wildman–Crippen LogP) is 2.61. The molecule has 3 heteroatoms. The Labute approximate surface area is 110 Å². The van der Waals surface area contributed by atoms with E-state index in [1.807, 2.05) is 6.07 Å². The summed E-state index contributed by atoms with van der Waals surface area (Å²) in [7, 11) is 0. The average molecular weight is 251 g/mol. The molecule has 0 saturated carbocycles. The first kappa shape index (κ1) is 15.2. The molecule has 0 heterocycles. The smallest absolute Gasteiger partial charge is 0.0707 e. The monoisotopic (exact) mass is 251 g/mol. The van der Waals surface area contributed by atoms with Crippen molar-refractivity contribution in [2.24, 2.45) is 0 Å². The second kappa shape index (κ2) is 8.25. The summed E-state index contributed by atoms with van der Waals surface area (Å²) in [6.07, 6.45) is 0. The van der Waals surface area contributed by atoms with Crippen LogP contribution in [0.25, 0.3) is 0 Å². The zero-order chi connectivity index (χ0) is 13.3. The summed E-state index contributed by atoms with van der Waals surface area (Å²) in [4.78, 5) is 0. The first-order chi connectivity index (χ1) is 8.58. The van der Waals surface area contributed by atoms with Crippen molar-refractivity contribution < 1.29 is 9.47 Å². The predicted molar refractivity (Wildman–Crippen MR) is 74.7 cm³/mol. The molecule has 1 N–H and O–H groups in total. The molecule has 1 aromatic carbocycles. The number of hydrogen-bond acceptors (Lipinski definition) is 3. The first-order valence-electron chi connectivity index (χ1n) is 6.54. The van der Waals surface area contributed by atoms with Crippen molar-refractivity contribution in [2.75, 3.05) is 26.4 Å². The molecular weight excluding hydrogens is 226 g/mol. The highest BCUT2D eigenvalue weighted by atomic mass is 16.5. The van der Waals surface area contributed by atoms with Crippen LogP contribution >= 0.6 is 0 Å². The van der Waals surface area contributed by atoms with Crippen molar-refractivity contribution in [2.45, 2.75) is 32.9 Å². The van der Waals surface area contributed by atoms with Crippen LogP contribution in [0.15, 0.2) is 30.3 Å². The number of benzene rings is 1. The molecule has 0 saturated heterocycles. The Kier molecular flexibility index (Phi) is 6.94. The molecule has 0 aromatic heterocycles. The van der Waals surface area contributed by atoms with Gasteiger partial charge >= 0.3 is 0 Å². The first-order valence-corrected chi connectivity index (χ1v) is 6.54. The van der Waals surface area contributed by atoms with Crippen molar-refractivity contribution in [3.8, 4) is 0 Å². The van der Waals surface area contributed by atoms with Crippen LogP contribution in [0.5, 0.6) is 0 Å². The molecule has 1 aromatic rings. The van der Waals surface area contributed by atoms with Crippen molar-refractivity contribution >= 4 is 0 Å². The SMILES string of the molecule is CC(C)(C)OCCOCCNCc1ccccc1. The number of hydrogen-bond donors (Lipinski definition) is 1. The number of rotatable bonds is 8. The normalized spacial score (nSPS) is 11.7. The maximum atomic E-state index is 5.56. The van der Waals surface area contributed by atoms with Gasteiger partial charge in [0.15, 0.2) is 0 Å². The van der Waals surface area contributed by atoms with Crippen LogP contribution in [0.3, 0.4) is 0 Å². The second-order valence-electron chi connectivity index (χ2n) is 5.24. The fraction of sp³-hybridized carbons (Fsp3) is 0.600. The molecule has 0 spiro atoms. The lowest BCUT2D eigenvalue weighted by Gasteiger charge is -2.19. The standard InChI is InChI=1S/C15H25NO2/c1-15(2,3)18-12-11-17-10-9-16-13-14-7-5-4-6-8-14/h4-8,16H,9-13H2,1-3H3. The molecule has 1 rings (SSSR count). The van der Waals surface area contributed by atoms with E-state index in [0.29, 0.717) is 13.2 Å². The van der Waals surface area contributed by atoms with Crippen LogP contribution in [0, 0.1) is 0 Å². The van der Waals surface area contributed by atoms with Gasteiger partial charge in [-0.15, -0.1) is 0 Å². The fourth-order valence-electron chi connectivity index (χ4n) is 1.48. The molecule has 0 unspecified atom stereocenters. The molecule has 3 nitrogen and oxygen atoms in total. The molecule has 18 heavy (non-hydrogen) atoms. The van der Waals surface area contributed by atoms with Crippen LogP contribution in [-0.2, 0) is 16.0 Å². The quantitative estimate of drug-likeness (QED) is 0.720. The highest BCUT2D eigenvalue weighted by Gasteiger charge is 2.08. The van der Waals surface area contributed by atoms with Crippen molar-refractivity contribution in [1.82, 2.24) is 5.32 Å². The molecule has 0 aliphatic rings. The molecular formula is C15H25NO2. The topological polar surface area (TPSA) is 30.5 Å². The van der Waals surface area contributed by atoms with Gasteiger partial charge in [0.05, 0.1) is 25.4 Å². The van der Waals surface area contributed by atoms with E-state index in [-0.39, 0.29) is 5.60 Å². The van der Waals surface area contributed by atoms with E-state index in [2.05, 4.69) is 50.4 Å². The highest BCUT2D eigenvalue weighted by Crippen LogP contribution is 2.05. The van der Waals surface area contributed by atoms with Gasteiger partial charge in [0.2, 0.25) is 0 Å². The average Bonchev–Trinajstić information content (AvgIpc) is 2.32. The van der Waals surface area contributed by atoms with Crippen molar-refractivity contribution in [3.63, 3.8) is 0 Å². The summed E-state index contributed by atoms with van der Waals surface area (Å²) in [6.45, 7) is 9.94. The maximum absolute atomic E-state index is 5.56. The van der Waals surface area contributed by atoms with Gasteiger partial charge in [0.25, 0.3) is 0 Å². The minimum absolute atomic E-state index is 0.0745. The van der Waals surface area contributed by atoms with E-state index >= 15 is 0 Å². The largest absolute Gasteiger partial charge is 0.378 e. The zero-order valence-corrected chi connectivity index (χ0v) is 11.7. The van der Waals surface area contributed by atoms with Gasteiger partial charge in [-0.25, -0.2) is 0 Å². The lowest BCUT2D eigenvalue weighted by atomic mass is 10.2. The summed E-state index contributed by atoms with van der Waals surface area (Å²) in [5, 5.41) is 3.34. The Hall–Kier alpha value is -0.900. The Bertz CT molecular complexity index is 306. The molecule has 0 amide bonds. The summed E-state index contributed by atoms with van der Waals surface area (Å²) < 4.78 is 11.0. The minimum atomic E-state index is -0.0745. The second-order valence-corrected chi connectivity index (χ2v) is 5.24. The third kappa shape index (κ3) is 8.23. The van der Waals surface area contributed by atoms with Crippen LogP contribution < -0.4 is 5.32 Å². The van der Waals surface area contributed by atoms with E-state index in [1.54, 1.807) is 0 Å². The zero-order valence-electron chi connectivity index (χ0n) is 11.7. The van der Waals surface area contributed by atoms with Gasteiger partial charge in [0.1, 0.15) is 0 Å². The molecule has 0 atom stereocenters. The van der Waals surface area contributed by atoms with E-state index in [9.17, 15) is 0 Å². The number of ether oxygens (including phenoxy) is 2. The van der Waals surface area contributed by atoms with Crippen LogP contribution in [-0.4, -0.2) is 32.0 Å². The molecule has 0 bridgehead atoms. The molecule has 0 aliphatic carbocycles. The van der Waals surface area contributed by atoms with Gasteiger partial charge in [-0.1, -0.05) is 30.3 Å². The molecule has 0 aliphatic heterocycles. The third-order valence-corrected chi connectivity index (χ3v) is 2.36. The maximum Gasteiger partial charge on any atom is 0.0707 e. The highest BCUT2D eigenvalue weighted by molar-refractivity contribution is 5.14. The van der Waals surface area contributed by atoms with Gasteiger partial charge in [-0.2, -0.15) is 0 Å². The van der Waals surface area contributed by atoms with Gasteiger partial charge in [-0.05, 0) is 26.3 Å². The summed E-state index contributed by atoms with van der Waals surface area (Å²) >= 11 is 0. The van der Waals surface area contributed by atoms with E-state index in [4.69, 9.17) is 9.47 Å². The van der Waals surface area contributed by atoms with E-state index in [0.717, 1.165) is 19.7 Å². The molecule has 0 fully saturated rings.